The van der Waals surface area contributed by atoms with Crippen molar-refractivity contribution in [3.63, 3.8) is 0 Å². The molecule has 104 valence electrons. The van der Waals surface area contributed by atoms with Crippen LogP contribution >= 0.6 is 0 Å². The second-order valence-electron chi connectivity index (χ2n) is 5.07. The molecule has 5 nitrogen and oxygen atoms in total. The van der Waals surface area contributed by atoms with Crippen molar-refractivity contribution in [2.24, 2.45) is 5.73 Å². The minimum atomic E-state index is -0.710. The van der Waals surface area contributed by atoms with Gasteiger partial charge in [0.1, 0.15) is 0 Å². The lowest BCUT2D eigenvalue weighted by Gasteiger charge is -2.31. The van der Waals surface area contributed by atoms with Crippen LogP contribution in [0.15, 0.2) is 0 Å². The monoisotopic (exact) mass is 255 g/mol. The van der Waals surface area contributed by atoms with Crippen molar-refractivity contribution >= 4 is 11.8 Å². The van der Waals surface area contributed by atoms with E-state index >= 15 is 0 Å². The Morgan fingerprint density at radius 3 is 2.39 bits per heavy atom. The van der Waals surface area contributed by atoms with Gasteiger partial charge in [-0.05, 0) is 19.3 Å². The van der Waals surface area contributed by atoms with E-state index in [1.165, 1.54) is 0 Å². The topological polar surface area (TPSA) is 84.2 Å². The highest BCUT2D eigenvalue weighted by Gasteiger charge is 2.34. The summed E-state index contributed by atoms with van der Waals surface area (Å²) in [5.41, 5.74) is 5.38. The molecular formula is C13H25N3O2. The molecule has 0 bridgehead atoms. The van der Waals surface area contributed by atoms with E-state index in [1.54, 1.807) is 0 Å². The minimum Gasteiger partial charge on any atom is -0.356 e. The van der Waals surface area contributed by atoms with Gasteiger partial charge in [0.15, 0.2) is 0 Å². The van der Waals surface area contributed by atoms with E-state index in [0.29, 0.717) is 19.5 Å². The van der Waals surface area contributed by atoms with Gasteiger partial charge in [-0.25, -0.2) is 0 Å². The molecule has 0 spiro atoms. The number of amides is 2. The fourth-order valence-electron chi connectivity index (χ4n) is 2.23. The maximum atomic E-state index is 11.9. The Morgan fingerprint density at radius 2 is 1.78 bits per heavy atom. The summed E-state index contributed by atoms with van der Waals surface area (Å²) in [5, 5.41) is 5.55. The largest absolute Gasteiger partial charge is 0.356 e. The molecular weight excluding hydrogens is 230 g/mol. The summed E-state index contributed by atoms with van der Waals surface area (Å²) in [6.07, 6.45) is 5.93. The molecule has 1 aliphatic carbocycles. The van der Waals surface area contributed by atoms with Gasteiger partial charge in [-0.15, -0.1) is 0 Å². The third-order valence-electron chi connectivity index (χ3n) is 3.41. The highest BCUT2D eigenvalue weighted by Crippen LogP contribution is 2.25. The zero-order valence-electron chi connectivity index (χ0n) is 11.3. The molecule has 4 N–H and O–H groups in total. The summed E-state index contributed by atoms with van der Waals surface area (Å²) < 4.78 is 0. The zero-order chi connectivity index (χ0) is 13.4. The van der Waals surface area contributed by atoms with Crippen molar-refractivity contribution in [1.82, 2.24) is 10.6 Å². The van der Waals surface area contributed by atoms with Gasteiger partial charge in [0.25, 0.3) is 0 Å². The van der Waals surface area contributed by atoms with Crippen molar-refractivity contribution in [3.05, 3.63) is 0 Å². The molecule has 1 saturated carbocycles. The third kappa shape index (κ3) is 4.64. The first-order valence-electron chi connectivity index (χ1n) is 6.92. The van der Waals surface area contributed by atoms with Crippen molar-refractivity contribution in [1.29, 1.82) is 0 Å². The van der Waals surface area contributed by atoms with Crippen molar-refractivity contribution in [3.8, 4) is 0 Å². The molecule has 0 radical (unpaired) electrons. The Hall–Kier alpha value is -1.10. The molecule has 1 fully saturated rings. The van der Waals surface area contributed by atoms with Crippen LogP contribution in [0.25, 0.3) is 0 Å². The number of carbonyl (C=O) groups is 2. The Kier molecular flexibility index (Phi) is 6.12. The maximum absolute atomic E-state index is 11.9. The molecule has 0 aliphatic heterocycles. The van der Waals surface area contributed by atoms with E-state index in [4.69, 9.17) is 5.73 Å². The first kappa shape index (κ1) is 15.0. The van der Waals surface area contributed by atoms with Crippen LogP contribution in [-0.2, 0) is 9.59 Å². The Bertz CT molecular complexity index is 286. The normalized spacial score (nSPS) is 18.1. The summed E-state index contributed by atoms with van der Waals surface area (Å²) >= 11 is 0. The van der Waals surface area contributed by atoms with Gasteiger partial charge in [-0.3, -0.25) is 9.59 Å². The van der Waals surface area contributed by atoms with E-state index in [1.807, 2.05) is 6.92 Å². The van der Waals surface area contributed by atoms with E-state index in [-0.39, 0.29) is 11.8 Å². The predicted octanol–water partition coefficient (Wildman–Crippen LogP) is 0.681. The highest BCUT2D eigenvalue weighted by molar-refractivity contribution is 5.86. The van der Waals surface area contributed by atoms with Crippen LogP contribution in [0.2, 0.25) is 0 Å². The molecule has 5 heteroatoms. The molecule has 0 aromatic heterocycles. The quantitative estimate of drug-likeness (QED) is 0.652. The van der Waals surface area contributed by atoms with Gasteiger partial charge in [0.05, 0.1) is 5.54 Å². The summed E-state index contributed by atoms with van der Waals surface area (Å²) in [7, 11) is 0. The number of carbonyl (C=O) groups excluding carboxylic acids is 2. The number of nitrogens with one attached hydrogen (secondary N) is 2. The lowest BCUT2D eigenvalue weighted by molar-refractivity contribution is -0.127. The summed E-state index contributed by atoms with van der Waals surface area (Å²) in [4.78, 5) is 23.3. The van der Waals surface area contributed by atoms with Crippen LogP contribution in [0.3, 0.4) is 0 Å². The van der Waals surface area contributed by atoms with Crippen LogP contribution in [-0.4, -0.2) is 30.4 Å². The van der Waals surface area contributed by atoms with Crippen molar-refractivity contribution < 1.29 is 9.59 Å². The average Bonchev–Trinajstić information content (AvgIpc) is 2.37. The van der Waals surface area contributed by atoms with Gasteiger partial charge >= 0.3 is 0 Å². The molecule has 0 aromatic carbocycles. The molecule has 1 rings (SSSR count). The van der Waals surface area contributed by atoms with E-state index in [2.05, 4.69) is 10.6 Å². The Morgan fingerprint density at radius 1 is 1.11 bits per heavy atom. The number of nitrogens with two attached hydrogens (primary N) is 1. The van der Waals surface area contributed by atoms with Gasteiger partial charge in [0.2, 0.25) is 11.8 Å². The standard InChI is InChI=1S/C13H25N3O2/c1-2-9-15-11(17)6-10-16-12(18)13(14)7-4-3-5-8-13/h2-10,14H2,1H3,(H,15,17)(H,16,18). The van der Waals surface area contributed by atoms with Gasteiger partial charge in [-0.1, -0.05) is 26.2 Å². The van der Waals surface area contributed by atoms with Crippen LogP contribution in [0, 0.1) is 0 Å². The zero-order valence-corrected chi connectivity index (χ0v) is 11.3. The highest BCUT2D eigenvalue weighted by atomic mass is 16.2. The molecule has 1 aliphatic rings. The number of hydrogen-bond acceptors (Lipinski definition) is 3. The maximum Gasteiger partial charge on any atom is 0.240 e. The molecule has 18 heavy (non-hydrogen) atoms. The van der Waals surface area contributed by atoms with Gasteiger partial charge in [-0.2, -0.15) is 0 Å². The molecule has 0 aromatic rings. The van der Waals surface area contributed by atoms with Gasteiger partial charge < -0.3 is 16.4 Å². The Labute approximate surface area is 109 Å². The van der Waals surface area contributed by atoms with Crippen molar-refractivity contribution in [2.75, 3.05) is 13.1 Å². The van der Waals surface area contributed by atoms with Crippen LogP contribution in [0.1, 0.15) is 51.9 Å². The average molecular weight is 255 g/mol. The van der Waals surface area contributed by atoms with Crippen molar-refractivity contribution in [2.45, 2.75) is 57.4 Å². The van der Waals surface area contributed by atoms with E-state index < -0.39 is 5.54 Å². The smallest absolute Gasteiger partial charge is 0.240 e. The molecule has 0 atom stereocenters. The SMILES string of the molecule is CCCNC(=O)CCNC(=O)C1(N)CCCCC1. The molecule has 0 unspecified atom stereocenters. The first-order valence-corrected chi connectivity index (χ1v) is 6.92. The third-order valence-corrected chi connectivity index (χ3v) is 3.41. The van der Waals surface area contributed by atoms with E-state index in [0.717, 1.165) is 38.5 Å². The molecule has 0 saturated heterocycles. The summed E-state index contributed by atoms with van der Waals surface area (Å²) in [5.74, 6) is -0.127. The first-order chi connectivity index (χ1) is 8.58. The Balaban J connectivity index is 2.22. The number of rotatable bonds is 6. The number of hydrogen-bond donors (Lipinski definition) is 3. The predicted molar refractivity (Wildman–Crippen MR) is 70.9 cm³/mol. The summed E-state index contributed by atoms with van der Waals surface area (Å²) in [6, 6.07) is 0. The minimum absolute atomic E-state index is 0.0214. The lowest BCUT2D eigenvalue weighted by Crippen LogP contribution is -2.55. The van der Waals surface area contributed by atoms with E-state index in [9.17, 15) is 9.59 Å². The van der Waals surface area contributed by atoms with Crippen LogP contribution in [0.4, 0.5) is 0 Å². The molecule has 0 heterocycles. The fourth-order valence-corrected chi connectivity index (χ4v) is 2.23. The fraction of sp³-hybridized carbons (Fsp3) is 0.846. The second-order valence-corrected chi connectivity index (χ2v) is 5.07. The van der Waals surface area contributed by atoms with Crippen LogP contribution in [0.5, 0.6) is 0 Å². The van der Waals surface area contributed by atoms with Gasteiger partial charge in [0, 0.05) is 19.5 Å². The van der Waals surface area contributed by atoms with Crippen LogP contribution < -0.4 is 16.4 Å². The second kappa shape index (κ2) is 7.36. The lowest BCUT2D eigenvalue weighted by atomic mass is 9.82. The molecule has 2 amide bonds. The summed E-state index contributed by atoms with van der Waals surface area (Å²) in [6.45, 7) is 3.06.